The summed E-state index contributed by atoms with van der Waals surface area (Å²) in [6.07, 6.45) is 7.29. The van der Waals surface area contributed by atoms with Crippen LogP contribution < -0.4 is 0 Å². The number of nitrogens with zero attached hydrogens (tertiary/aromatic N) is 1. The lowest BCUT2D eigenvalue weighted by Gasteiger charge is -2.44. The van der Waals surface area contributed by atoms with E-state index < -0.39 is 0 Å². The summed E-state index contributed by atoms with van der Waals surface area (Å²) in [5, 5.41) is 0. The maximum atomic E-state index is 2.70. The Morgan fingerprint density at radius 3 is 2.62 bits per heavy atom. The molecule has 0 aromatic rings. The molecule has 0 radical (unpaired) electrons. The number of rotatable bonds is 2. The molecule has 1 aliphatic heterocycles. The molecular weight excluding hydrogens is 158 g/mol. The molecule has 1 heteroatoms. The van der Waals surface area contributed by atoms with Crippen molar-refractivity contribution in [2.75, 3.05) is 19.6 Å². The van der Waals surface area contributed by atoms with E-state index in [4.69, 9.17) is 0 Å². The van der Waals surface area contributed by atoms with Crippen molar-refractivity contribution < 1.29 is 0 Å². The first-order valence-corrected chi connectivity index (χ1v) is 5.90. The van der Waals surface area contributed by atoms with E-state index >= 15 is 0 Å². The minimum atomic E-state index is 0.692. The van der Waals surface area contributed by atoms with Gasteiger partial charge in [0.1, 0.15) is 0 Å². The van der Waals surface area contributed by atoms with E-state index in [1.165, 1.54) is 51.7 Å². The lowest BCUT2D eigenvalue weighted by Crippen LogP contribution is -2.44. The zero-order valence-electron chi connectivity index (χ0n) is 9.18. The van der Waals surface area contributed by atoms with Crippen LogP contribution in [-0.4, -0.2) is 24.5 Å². The Hall–Kier alpha value is -0.0400. The quantitative estimate of drug-likeness (QED) is 0.633. The van der Waals surface area contributed by atoms with Gasteiger partial charge in [0.05, 0.1) is 0 Å². The van der Waals surface area contributed by atoms with E-state index in [2.05, 4.69) is 18.7 Å². The van der Waals surface area contributed by atoms with Gasteiger partial charge < -0.3 is 4.90 Å². The molecule has 2 fully saturated rings. The largest absolute Gasteiger partial charge is 0.303 e. The first-order valence-electron chi connectivity index (χ1n) is 5.90. The summed E-state index contributed by atoms with van der Waals surface area (Å²) in [7, 11) is 0. The van der Waals surface area contributed by atoms with Gasteiger partial charge in [-0.2, -0.15) is 0 Å². The molecule has 0 amide bonds. The summed E-state index contributed by atoms with van der Waals surface area (Å²) in [5.41, 5.74) is 0.692. The van der Waals surface area contributed by atoms with Crippen LogP contribution in [0.3, 0.4) is 0 Å². The summed E-state index contributed by atoms with van der Waals surface area (Å²) in [5.74, 6) is 0.942. The second-order valence-corrected chi connectivity index (χ2v) is 5.65. The van der Waals surface area contributed by atoms with E-state index in [0.717, 1.165) is 5.92 Å². The standard InChI is InChI=1S/C12H23N/c1-11-5-3-8-13(9-11)10-12(2)6-4-7-12/h11H,3-10H2,1-2H3. The Morgan fingerprint density at radius 1 is 1.31 bits per heavy atom. The molecule has 0 N–H and O–H groups in total. The average molecular weight is 181 g/mol. The second-order valence-electron chi connectivity index (χ2n) is 5.65. The van der Waals surface area contributed by atoms with Gasteiger partial charge in [-0.05, 0) is 43.6 Å². The van der Waals surface area contributed by atoms with E-state index in [9.17, 15) is 0 Å². The van der Waals surface area contributed by atoms with Gasteiger partial charge in [-0.1, -0.05) is 20.3 Å². The van der Waals surface area contributed by atoms with Crippen LogP contribution in [0.5, 0.6) is 0 Å². The van der Waals surface area contributed by atoms with E-state index in [-0.39, 0.29) is 0 Å². The van der Waals surface area contributed by atoms with Crippen LogP contribution in [0.2, 0.25) is 0 Å². The van der Waals surface area contributed by atoms with Crippen molar-refractivity contribution in [1.82, 2.24) is 4.90 Å². The molecule has 0 aromatic heterocycles. The SMILES string of the molecule is CC1CCCN(CC2(C)CCC2)C1. The molecule has 2 aliphatic rings. The van der Waals surface area contributed by atoms with Gasteiger partial charge in [-0.25, -0.2) is 0 Å². The highest BCUT2D eigenvalue weighted by Gasteiger charge is 2.34. The Kier molecular flexibility index (Phi) is 2.64. The highest BCUT2D eigenvalue weighted by atomic mass is 15.1. The predicted octanol–water partition coefficient (Wildman–Crippen LogP) is 2.91. The Morgan fingerprint density at radius 2 is 2.08 bits per heavy atom. The van der Waals surface area contributed by atoms with Gasteiger partial charge in [0.2, 0.25) is 0 Å². The number of hydrogen-bond acceptors (Lipinski definition) is 1. The maximum Gasteiger partial charge on any atom is 0.00354 e. The van der Waals surface area contributed by atoms with Crippen molar-refractivity contribution in [3.05, 3.63) is 0 Å². The summed E-state index contributed by atoms with van der Waals surface area (Å²) < 4.78 is 0. The minimum Gasteiger partial charge on any atom is -0.303 e. The van der Waals surface area contributed by atoms with Crippen molar-refractivity contribution >= 4 is 0 Å². The molecule has 0 spiro atoms. The molecule has 1 nitrogen and oxygen atoms in total. The third kappa shape index (κ3) is 2.25. The summed E-state index contributed by atoms with van der Waals surface area (Å²) in [6.45, 7) is 8.96. The van der Waals surface area contributed by atoms with Crippen LogP contribution in [0.4, 0.5) is 0 Å². The first-order chi connectivity index (χ1) is 6.18. The summed E-state index contributed by atoms with van der Waals surface area (Å²) >= 11 is 0. The smallest absolute Gasteiger partial charge is 0.00354 e. The Labute approximate surface area is 82.5 Å². The molecule has 1 saturated carbocycles. The van der Waals surface area contributed by atoms with Crippen LogP contribution >= 0.6 is 0 Å². The normalized spacial score (nSPS) is 34.2. The highest BCUT2D eigenvalue weighted by molar-refractivity contribution is 4.87. The minimum absolute atomic E-state index is 0.692. The third-order valence-electron chi connectivity index (χ3n) is 3.91. The van der Waals surface area contributed by atoms with Crippen LogP contribution in [0.15, 0.2) is 0 Å². The fraction of sp³-hybridized carbons (Fsp3) is 1.00. The van der Waals surface area contributed by atoms with Gasteiger partial charge in [0.15, 0.2) is 0 Å². The van der Waals surface area contributed by atoms with E-state index in [1.807, 2.05) is 0 Å². The lowest BCUT2D eigenvalue weighted by atomic mass is 9.70. The summed E-state index contributed by atoms with van der Waals surface area (Å²) in [6, 6.07) is 0. The van der Waals surface area contributed by atoms with Crippen molar-refractivity contribution in [3.8, 4) is 0 Å². The molecule has 1 heterocycles. The van der Waals surface area contributed by atoms with Crippen LogP contribution in [0.25, 0.3) is 0 Å². The highest BCUT2D eigenvalue weighted by Crippen LogP contribution is 2.41. The van der Waals surface area contributed by atoms with E-state index in [0.29, 0.717) is 5.41 Å². The summed E-state index contributed by atoms with van der Waals surface area (Å²) in [4.78, 5) is 2.70. The average Bonchev–Trinajstić information content (AvgIpc) is 2.01. The predicted molar refractivity (Wildman–Crippen MR) is 56.8 cm³/mol. The molecule has 76 valence electrons. The molecule has 1 saturated heterocycles. The van der Waals surface area contributed by atoms with Crippen molar-refractivity contribution in [2.45, 2.75) is 46.0 Å². The van der Waals surface area contributed by atoms with Crippen molar-refractivity contribution in [3.63, 3.8) is 0 Å². The monoisotopic (exact) mass is 181 g/mol. The van der Waals surface area contributed by atoms with Gasteiger partial charge in [-0.3, -0.25) is 0 Å². The molecule has 1 unspecified atom stereocenters. The number of piperidine rings is 1. The first kappa shape index (κ1) is 9.51. The topological polar surface area (TPSA) is 3.24 Å². The molecule has 1 aliphatic carbocycles. The zero-order chi connectivity index (χ0) is 9.31. The van der Waals surface area contributed by atoms with Crippen molar-refractivity contribution in [2.24, 2.45) is 11.3 Å². The molecule has 13 heavy (non-hydrogen) atoms. The van der Waals surface area contributed by atoms with Crippen LogP contribution in [-0.2, 0) is 0 Å². The fourth-order valence-electron chi connectivity index (χ4n) is 2.91. The van der Waals surface area contributed by atoms with Crippen LogP contribution in [0, 0.1) is 11.3 Å². The van der Waals surface area contributed by atoms with Crippen molar-refractivity contribution in [1.29, 1.82) is 0 Å². The van der Waals surface area contributed by atoms with Gasteiger partial charge in [0.25, 0.3) is 0 Å². The zero-order valence-corrected chi connectivity index (χ0v) is 9.18. The van der Waals surface area contributed by atoms with Crippen LogP contribution in [0.1, 0.15) is 46.0 Å². The molecule has 2 rings (SSSR count). The van der Waals surface area contributed by atoms with Gasteiger partial charge >= 0.3 is 0 Å². The van der Waals surface area contributed by atoms with Gasteiger partial charge in [-0.15, -0.1) is 0 Å². The number of hydrogen-bond donors (Lipinski definition) is 0. The van der Waals surface area contributed by atoms with Gasteiger partial charge in [0, 0.05) is 13.1 Å². The number of likely N-dealkylation sites (tertiary alicyclic amines) is 1. The molecule has 0 bridgehead atoms. The third-order valence-corrected chi connectivity index (χ3v) is 3.91. The second kappa shape index (κ2) is 3.61. The molecule has 1 atom stereocenters. The lowest BCUT2D eigenvalue weighted by molar-refractivity contribution is 0.0619. The molecular formula is C12H23N. The maximum absolute atomic E-state index is 2.70. The Balaban J connectivity index is 1.80. The fourth-order valence-corrected chi connectivity index (χ4v) is 2.91. The Bertz CT molecular complexity index is 172. The molecule has 0 aromatic carbocycles. The van der Waals surface area contributed by atoms with E-state index in [1.54, 1.807) is 0 Å².